The zero-order valence-corrected chi connectivity index (χ0v) is 13.7. The van der Waals surface area contributed by atoms with E-state index in [1.54, 1.807) is 6.92 Å². The van der Waals surface area contributed by atoms with E-state index in [0.717, 1.165) is 0 Å². The Morgan fingerprint density at radius 3 is 2.52 bits per heavy atom. The van der Waals surface area contributed by atoms with Gasteiger partial charge in [-0.25, -0.2) is 4.98 Å². The molecule has 134 valence electrons. The van der Waals surface area contributed by atoms with Crippen LogP contribution in [-0.4, -0.2) is 49.8 Å². The van der Waals surface area contributed by atoms with Gasteiger partial charge in [0.05, 0.1) is 12.4 Å². The topological polar surface area (TPSA) is 131 Å². The predicted molar refractivity (Wildman–Crippen MR) is 80.4 cm³/mol. The predicted octanol–water partition coefficient (Wildman–Crippen LogP) is 0.328. The molecular weight excluding hydrogens is 337 g/mol. The van der Waals surface area contributed by atoms with Crippen LogP contribution in [-0.2, 0) is 23.8 Å². The van der Waals surface area contributed by atoms with E-state index in [4.69, 9.17) is 19.9 Å². The molecule has 25 heavy (non-hydrogen) atoms. The molecule has 0 saturated carbocycles. The summed E-state index contributed by atoms with van der Waals surface area (Å²) in [4.78, 5) is 34.0. The molecule has 0 radical (unpaired) electrons. The van der Waals surface area contributed by atoms with Gasteiger partial charge < -0.3 is 19.9 Å². The van der Waals surface area contributed by atoms with Crippen LogP contribution in [0.5, 0.6) is 0 Å². The van der Waals surface area contributed by atoms with Crippen LogP contribution in [0.2, 0.25) is 0 Å². The van der Waals surface area contributed by atoms with Crippen LogP contribution in [0.4, 0.5) is 10.2 Å². The Bertz CT molecular complexity index is 840. The standard InChI is InChI=1S/C14H16FN5O5/c1-5-9(24-6(2)21)10(25-7(3)22)13(23-5)20-4-17-8-11(16)18-14(15)19-12(8)20/h4-5,9-10,13H,1-3H3,(H2,16,18,19)/t5-,9-,10-,13-/m1/s1. The number of halogens is 1. The molecule has 0 aliphatic carbocycles. The molecule has 0 bridgehead atoms. The van der Waals surface area contributed by atoms with E-state index < -0.39 is 42.6 Å². The van der Waals surface area contributed by atoms with Crippen LogP contribution in [0, 0.1) is 6.08 Å². The smallest absolute Gasteiger partial charge is 0.312 e. The molecule has 2 N–H and O–H groups in total. The number of anilines is 1. The van der Waals surface area contributed by atoms with Crippen molar-refractivity contribution in [1.82, 2.24) is 19.5 Å². The van der Waals surface area contributed by atoms with Crippen molar-refractivity contribution in [2.75, 3.05) is 5.73 Å². The molecule has 2 aromatic heterocycles. The lowest BCUT2D eigenvalue weighted by Gasteiger charge is -2.23. The van der Waals surface area contributed by atoms with Gasteiger partial charge in [0.1, 0.15) is 0 Å². The minimum Gasteiger partial charge on any atom is -0.456 e. The van der Waals surface area contributed by atoms with Crippen molar-refractivity contribution in [3.05, 3.63) is 12.4 Å². The van der Waals surface area contributed by atoms with Crippen LogP contribution < -0.4 is 5.73 Å². The minimum absolute atomic E-state index is 0.0721. The first-order chi connectivity index (χ1) is 11.8. The number of rotatable bonds is 3. The molecule has 10 nitrogen and oxygen atoms in total. The normalized spacial score (nSPS) is 25.9. The largest absolute Gasteiger partial charge is 0.456 e. The number of fused-ring (bicyclic) bond motifs is 1. The molecule has 0 amide bonds. The van der Waals surface area contributed by atoms with Crippen LogP contribution >= 0.6 is 0 Å². The molecule has 1 fully saturated rings. The first-order valence-corrected chi connectivity index (χ1v) is 7.43. The monoisotopic (exact) mass is 353 g/mol. The van der Waals surface area contributed by atoms with Crippen molar-refractivity contribution >= 4 is 28.9 Å². The van der Waals surface area contributed by atoms with Crippen molar-refractivity contribution in [2.24, 2.45) is 0 Å². The van der Waals surface area contributed by atoms with E-state index in [0.29, 0.717) is 0 Å². The number of ether oxygens (including phenoxy) is 3. The van der Waals surface area contributed by atoms with E-state index in [2.05, 4.69) is 15.0 Å². The summed E-state index contributed by atoms with van der Waals surface area (Å²) in [5.74, 6) is -1.27. The van der Waals surface area contributed by atoms with Crippen molar-refractivity contribution < 1.29 is 28.2 Å². The molecule has 3 rings (SSSR count). The number of hydrogen-bond donors (Lipinski definition) is 1. The van der Waals surface area contributed by atoms with Crippen LogP contribution in [0.1, 0.15) is 27.0 Å². The second-order valence-electron chi connectivity index (χ2n) is 5.58. The average Bonchev–Trinajstić information content (AvgIpc) is 3.02. The number of carbonyl (C=O) groups is 2. The lowest BCUT2D eigenvalue weighted by atomic mass is 10.1. The van der Waals surface area contributed by atoms with Gasteiger partial charge in [0.2, 0.25) is 0 Å². The van der Waals surface area contributed by atoms with Gasteiger partial charge in [-0.15, -0.1) is 0 Å². The number of nitrogens with zero attached hydrogens (tertiary/aromatic N) is 4. The van der Waals surface area contributed by atoms with Crippen LogP contribution in [0.25, 0.3) is 11.2 Å². The third-order valence-corrected chi connectivity index (χ3v) is 3.72. The Hall–Kier alpha value is -2.82. The second kappa shape index (κ2) is 6.24. The fraction of sp³-hybridized carbons (Fsp3) is 0.500. The molecule has 2 aromatic rings. The number of hydrogen-bond acceptors (Lipinski definition) is 9. The molecule has 1 aliphatic heterocycles. The maximum Gasteiger partial charge on any atom is 0.312 e. The highest BCUT2D eigenvalue weighted by molar-refractivity contribution is 5.81. The van der Waals surface area contributed by atoms with Gasteiger partial charge in [0.25, 0.3) is 0 Å². The highest BCUT2D eigenvalue weighted by Gasteiger charge is 2.48. The lowest BCUT2D eigenvalue weighted by molar-refractivity contribution is -0.165. The third kappa shape index (κ3) is 3.09. The van der Waals surface area contributed by atoms with Crippen molar-refractivity contribution in [2.45, 2.75) is 45.3 Å². The van der Waals surface area contributed by atoms with E-state index in [9.17, 15) is 14.0 Å². The highest BCUT2D eigenvalue weighted by atomic mass is 19.1. The number of imidazole rings is 1. The zero-order chi connectivity index (χ0) is 18.3. The summed E-state index contributed by atoms with van der Waals surface area (Å²) < 4.78 is 31.2. The molecule has 4 atom stereocenters. The summed E-state index contributed by atoms with van der Waals surface area (Å²) in [7, 11) is 0. The molecular formula is C14H16FN5O5. The molecule has 0 unspecified atom stereocenters. The number of esters is 2. The number of aromatic nitrogens is 4. The maximum absolute atomic E-state index is 13.5. The average molecular weight is 353 g/mol. The van der Waals surface area contributed by atoms with E-state index >= 15 is 0 Å². The van der Waals surface area contributed by atoms with Gasteiger partial charge in [0.15, 0.2) is 35.4 Å². The van der Waals surface area contributed by atoms with Gasteiger partial charge in [-0.3, -0.25) is 14.2 Å². The molecule has 1 aliphatic rings. The number of carbonyl (C=O) groups excluding carboxylic acids is 2. The maximum atomic E-state index is 13.5. The van der Waals surface area contributed by atoms with E-state index in [1.807, 2.05) is 0 Å². The Labute approximate surface area is 141 Å². The van der Waals surface area contributed by atoms with Gasteiger partial charge in [-0.1, -0.05) is 0 Å². The fourth-order valence-corrected chi connectivity index (χ4v) is 2.80. The van der Waals surface area contributed by atoms with Crippen molar-refractivity contribution in [1.29, 1.82) is 0 Å². The third-order valence-electron chi connectivity index (χ3n) is 3.72. The zero-order valence-electron chi connectivity index (χ0n) is 13.7. The SMILES string of the molecule is CC(=O)O[C@@H]1[C@H](OC(C)=O)[C@@H](C)O[C@H]1n1cnc2c(N)nc(F)nc21. The summed E-state index contributed by atoms with van der Waals surface area (Å²) >= 11 is 0. The summed E-state index contributed by atoms with van der Waals surface area (Å²) in [5.41, 5.74) is 5.89. The molecule has 0 aromatic carbocycles. The molecule has 1 saturated heterocycles. The van der Waals surface area contributed by atoms with Crippen LogP contribution in [0.15, 0.2) is 6.33 Å². The van der Waals surface area contributed by atoms with E-state index in [1.165, 1.54) is 24.7 Å². The van der Waals surface area contributed by atoms with Gasteiger partial charge in [-0.2, -0.15) is 14.4 Å². The summed E-state index contributed by atoms with van der Waals surface area (Å²) in [5, 5.41) is 0. The van der Waals surface area contributed by atoms with Gasteiger partial charge in [0, 0.05) is 13.8 Å². The fourth-order valence-electron chi connectivity index (χ4n) is 2.80. The Morgan fingerprint density at radius 2 is 1.88 bits per heavy atom. The van der Waals surface area contributed by atoms with Gasteiger partial charge >= 0.3 is 18.0 Å². The van der Waals surface area contributed by atoms with Crippen molar-refractivity contribution in [3.63, 3.8) is 0 Å². The highest BCUT2D eigenvalue weighted by Crippen LogP contribution is 2.35. The minimum atomic E-state index is -1.03. The Morgan fingerprint density at radius 1 is 1.24 bits per heavy atom. The summed E-state index contributed by atoms with van der Waals surface area (Å²) in [6.07, 6.45) is -3.03. The van der Waals surface area contributed by atoms with Gasteiger partial charge in [-0.05, 0) is 6.92 Å². The van der Waals surface area contributed by atoms with Crippen molar-refractivity contribution in [3.8, 4) is 0 Å². The second-order valence-corrected chi connectivity index (χ2v) is 5.58. The first kappa shape index (κ1) is 17.0. The number of nitrogen functional groups attached to an aromatic ring is 1. The quantitative estimate of drug-likeness (QED) is 0.612. The Kier molecular flexibility index (Phi) is 4.25. The molecule has 11 heteroatoms. The molecule has 3 heterocycles. The Balaban J connectivity index is 2.05. The van der Waals surface area contributed by atoms with Crippen LogP contribution in [0.3, 0.4) is 0 Å². The molecule has 0 spiro atoms. The van der Waals surface area contributed by atoms with E-state index in [-0.39, 0.29) is 17.0 Å². The summed E-state index contributed by atoms with van der Waals surface area (Å²) in [6.45, 7) is 4.12. The lowest BCUT2D eigenvalue weighted by Crippen LogP contribution is -2.38. The first-order valence-electron chi connectivity index (χ1n) is 7.43. The summed E-state index contributed by atoms with van der Waals surface area (Å²) in [6, 6.07) is 0. The number of nitrogens with two attached hydrogens (primary N) is 1.